The number of hydrogen-bond donors (Lipinski definition) is 1. The van der Waals surface area contributed by atoms with E-state index >= 15 is 0 Å². The zero-order valence-electron chi connectivity index (χ0n) is 19.3. The number of nitro groups is 2. The van der Waals surface area contributed by atoms with Gasteiger partial charge in [0.05, 0.1) is 45.9 Å². The van der Waals surface area contributed by atoms with Crippen LogP contribution in [0.3, 0.4) is 0 Å². The number of carbonyl (C=O) groups excluding carboxylic acids is 1. The molecule has 0 saturated carbocycles. The van der Waals surface area contributed by atoms with Crippen molar-refractivity contribution in [1.29, 1.82) is 0 Å². The van der Waals surface area contributed by atoms with Gasteiger partial charge in [0.2, 0.25) is 5.75 Å². The maximum absolute atomic E-state index is 12.5. The van der Waals surface area contributed by atoms with Crippen LogP contribution >= 0.6 is 31.9 Å². The molecule has 0 aliphatic heterocycles. The second-order valence-corrected chi connectivity index (χ2v) is 8.85. The van der Waals surface area contributed by atoms with Crippen molar-refractivity contribution in [3.8, 4) is 23.0 Å². The lowest BCUT2D eigenvalue weighted by atomic mass is 10.2. The summed E-state index contributed by atoms with van der Waals surface area (Å²) in [5.74, 6) is -0.0122. The summed E-state index contributed by atoms with van der Waals surface area (Å²) >= 11 is 6.67. The molecule has 192 valence electrons. The molecule has 3 rings (SSSR count). The molecular formula is C23H18Br2N4O8. The minimum Gasteiger partial charge on any atom is -0.496 e. The highest BCUT2D eigenvalue weighted by Crippen LogP contribution is 2.42. The first-order chi connectivity index (χ1) is 17.6. The van der Waals surface area contributed by atoms with Gasteiger partial charge in [-0.25, -0.2) is 5.43 Å². The van der Waals surface area contributed by atoms with Crippen LogP contribution < -0.4 is 19.6 Å². The van der Waals surface area contributed by atoms with Crippen molar-refractivity contribution in [3.05, 3.63) is 88.8 Å². The van der Waals surface area contributed by atoms with Crippen LogP contribution in [0.2, 0.25) is 0 Å². The Kier molecular flexibility index (Phi) is 9.14. The van der Waals surface area contributed by atoms with Gasteiger partial charge in [-0.15, -0.1) is 0 Å². The second-order valence-electron chi connectivity index (χ2n) is 7.08. The van der Waals surface area contributed by atoms with Crippen molar-refractivity contribution < 1.29 is 28.9 Å². The number of nitro benzene ring substituents is 2. The lowest BCUT2D eigenvalue weighted by molar-refractivity contribution is -0.394. The highest BCUT2D eigenvalue weighted by molar-refractivity contribution is 9.10. The molecule has 1 N–H and O–H groups in total. The average Bonchev–Trinajstić information content (AvgIpc) is 2.86. The summed E-state index contributed by atoms with van der Waals surface area (Å²) in [6, 6.07) is 11.2. The fourth-order valence-corrected chi connectivity index (χ4v) is 3.97. The summed E-state index contributed by atoms with van der Waals surface area (Å²) in [7, 11) is 1.45. The number of methoxy groups -OCH3 is 1. The Hall–Kier alpha value is -4.04. The van der Waals surface area contributed by atoms with E-state index < -0.39 is 27.1 Å². The number of ether oxygens (including phenoxy) is 3. The minimum atomic E-state index is -0.777. The number of benzene rings is 3. The van der Waals surface area contributed by atoms with Crippen LogP contribution in [-0.4, -0.2) is 35.7 Å². The van der Waals surface area contributed by atoms with Crippen molar-refractivity contribution >= 4 is 55.4 Å². The van der Waals surface area contributed by atoms with Gasteiger partial charge in [0.1, 0.15) is 5.75 Å². The largest absolute Gasteiger partial charge is 0.496 e. The number of hydrazone groups is 1. The molecule has 12 nitrogen and oxygen atoms in total. The second kappa shape index (κ2) is 12.3. The fourth-order valence-electron chi connectivity index (χ4n) is 3.07. The number of rotatable bonds is 10. The van der Waals surface area contributed by atoms with Crippen LogP contribution in [0, 0.1) is 20.2 Å². The van der Waals surface area contributed by atoms with Crippen molar-refractivity contribution in [2.45, 2.75) is 6.92 Å². The predicted octanol–water partition coefficient (Wildman–Crippen LogP) is 5.99. The molecule has 0 spiro atoms. The first-order valence-electron chi connectivity index (χ1n) is 10.4. The topological polar surface area (TPSA) is 155 Å². The standard InChI is InChI=1S/C23H18Br2N4O8/c1-3-36-21-9-13(12-26-27-23(30)16-10-14(24)4-6-19(16)35-2)8-17(25)22(21)37-20-7-5-15(28(31)32)11-18(20)29(33)34/h4-12H,3H2,1-2H3,(H,27,30)/b26-12-. The van der Waals surface area contributed by atoms with Gasteiger partial charge < -0.3 is 14.2 Å². The average molecular weight is 638 g/mol. The lowest BCUT2D eigenvalue weighted by Gasteiger charge is -2.14. The van der Waals surface area contributed by atoms with Crippen molar-refractivity contribution in [1.82, 2.24) is 5.43 Å². The molecule has 0 aliphatic rings. The molecule has 0 bridgehead atoms. The number of hydrogen-bond acceptors (Lipinski definition) is 9. The molecule has 1 amide bonds. The number of nitrogens with zero attached hydrogens (tertiary/aromatic N) is 3. The van der Waals surface area contributed by atoms with E-state index in [1.807, 2.05) is 0 Å². The van der Waals surface area contributed by atoms with E-state index in [2.05, 4.69) is 42.4 Å². The Morgan fingerprint density at radius 1 is 1.03 bits per heavy atom. The normalized spacial score (nSPS) is 10.7. The predicted molar refractivity (Wildman–Crippen MR) is 141 cm³/mol. The molecule has 3 aromatic rings. The van der Waals surface area contributed by atoms with Gasteiger partial charge in [-0.3, -0.25) is 25.0 Å². The van der Waals surface area contributed by atoms with E-state index in [1.165, 1.54) is 13.3 Å². The first kappa shape index (κ1) is 27.5. The third-order valence-corrected chi connectivity index (χ3v) is 5.76. The zero-order valence-corrected chi connectivity index (χ0v) is 22.4. The molecule has 0 unspecified atom stereocenters. The van der Waals surface area contributed by atoms with Crippen LogP contribution in [-0.2, 0) is 0 Å². The molecular weight excluding hydrogens is 620 g/mol. The Bertz CT molecular complexity index is 1400. The Morgan fingerprint density at radius 2 is 1.76 bits per heavy atom. The number of halogens is 2. The molecule has 0 radical (unpaired) electrons. The molecule has 37 heavy (non-hydrogen) atoms. The Morgan fingerprint density at radius 3 is 2.41 bits per heavy atom. The molecule has 0 saturated heterocycles. The summed E-state index contributed by atoms with van der Waals surface area (Å²) in [6.07, 6.45) is 1.37. The van der Waals surface area contributed by atoms with Gasteiger partial charge in [0.25, 0.3) is 11.6 Å². The highest BCUT2D eigenvalue weighted by Gasteiger charge is 2.23. The number of non-ortho nitro benzene ring substituents is 1. The van der Waals surface area contributed by atoms with E-state index in [4.69, 9.17) is 14.2 Å². The number of amides is 1. The van der Waals surface area contributed by atoms with Crippen LogP contribution in [0.4, 0.5) is 11.4 Å². The van der Waals surface area contributed by atoms with Crippen molar-refractivity contribution in [3.63, 3.8) is 0 Å². The Labute approximate surface area is 226 Å². The summed E-state index contributed by atoms with van der Waals surface area (Å²) in [5, 5.41) is 26.4. The summed E-state index contributed by atoms with van der Waals surface area (Å²) in [4.78, 5) is 33.5. The van der Waals surface area contributed by atoms with Gasteiger partial charge in [-0.05, 0) is 64.8 Å². The van der Waals surface area contributed by atoms with Gasteiger partial charge in [-0.2, -0.15) is 5.10 Å². The number of carbonyl (C=O) groups is 1. The fraction of sp³-hybridized carbons (Fsp3) is 0.130. The molecule has 0 heterocycles. The molecule has 0 atom stereocenters. The van der Waals surface area contributed by atoms with Gasteiger partial charge in [-0.1, -0.05) is 15.9 Å². The van der Waals surface area contributed by atoms with Gasteiger partial charge in [0, 0.05) is 10.5 Å². The van der Waals surface area contributed by atoms with Crippen LogP contribution in [0.5, 0.6) is 23.0 Å². The maximum Gasteiger partial charge on any atom is 0.318 e. The van der Waals surface area contributed by atoms with E-state index in [0.29, 0.717) is 20.3 Å². The third kappa shape index (κ3) is 6.80. The van der Waals surface area contributed by atoms with E-state index in [9.17, 15) is 25.0 Å². The SMILES string of the molecule is CCOc1cc(/C=N\NC(=O)c2cc(Br)ccc2OC)cc(Br)c1Oc1ccc([N+](=O)[O-])cc1[N+](=O)[O-]. The molecule has 0 aromatic heterocycles. The highest BCUT2D eigenvalue weighted by atomic mass is 79.9. The van der Waals surface area contributed by atoms with Gasteiger partial charge >= 0.3 is 5.69 Å². The van der Waals surface area contributed by atoms with Crippen LogP contribution in [0.15, 0.2) is 62.6 Å². The van der Waals surface area contributed by atoms with Crippen LogP contribution in [0.1, 0.15) is 22.8 Å². The quantitative estimate of drug-likeness (QED) is 0.161. The van der Waals surface area contributed by atoms with E-state index in [1.54, 1.807) is 37.3 Å². The Balaban J connectivity index is 1.88. The lowest BCUT2D eigenvalue weighted by Crippen LogP contribution is -2.18. The summed E-state index contributed by atoms with van der Waals surface area (Å²) in [6.45, 7) is 1.98. The summed E-state index contributed by atoms with van der Waals surface area (Å²) in [5.41, 5.74) is 2.17. The molecule has 14 heteroatoms. The maximum atomic E-state index is 12.5. The monoisotopic (exact) mass is 636 g/mol. The van der Waals surface area contributed by atoms with E-state index in [-0.39, 0.29) is 29.4 Å². The summed E-state index contributed by atoms with van der Waals surface area (Å²) < 4.78 is 17.6. The molecule has 0 aliphatic carbocycles. The van der Waals surface area contributed by atoms with Gasteiger partial charge in [0.15, 0.2) is 11.5 Å². The smallest absolute Gasteiger partial charge is 0.318 e. The van der Waals surface area contributed by atoms with Crippen molar-refractivity contribution in [2.75, 3.05) is 13.7 Å². The zero-order chi connectivity index (χ0) is 27.1. The van der Waals surface area contributed by atoms with E-state index in [0.717, 1.165) is 18.2 Å². The molecule has 3 aromatic carbocycles. The third-order valence-electron chi connectivity index (χ3n) is 4.68. The first-order valence-corrected chi connectivity index (χ1v) is 12.0. The van der Waals surface area contributed by atoms with Crippen LogP contribution in [0.25, 0.3) is 0 Å². The molecule has 0 fully saturated rings. The minimum absolute atomic E-state index is 0.110. The number of nitrogens with one attached hydrogen (secondary N) is 1. The van der Waals surface area contributed by atoms with Crippen molar-refractivity contribution in [2.24, 2.45) is 5.10 Å².